The van der Waals surface area contributed by atoms with Crippen molar-refractivity contribution >= 4 is 0 Å². The molecule has 0 fully saturated rings. The summed E-state index contributed by atoms with van der Waals surface area (Å²) in [5, 5.41) is 0. The molecule has 1 aromatic carbocycles. The molecule has 0 unspecified atom stereocenters. The van der Waals surface area contributed by atoms with Gasteiger partial charge in [-0.25, -0.2) is 4.39 Å². The summed E-state index contributed by atoms with van der Waals surface area (Å²) in [5.41, 5.74) is 0.454. The van der Waals surface area contributed by atoms with Gasteiger partial charge in [-0.2, -0.15) is 0 Å². The zero-order chi connectivity index (χ0) is 13.0. The van der Waals surface area contributed by atoms with E-state index in [1.807, 2.05) is 0 Å². The fourth-order valence-corrected chi connectivity index (χ4v) is 1.63. The molecule has 0 aliphatic carbocycles. The van der Waals surface area contributed by atoms with Crippen LogP contribution in [0.15, 0.2) is 47.4 Å². The van der Waals surface area contributed by atoms with Crippen LogP contribution in [0.3, 0.4) is 0 Å². The largest absolute Gasteiger partial charge is 0.489 e. The van der Waals surface area contributed by atoms with Crippen LogP contribution in [0.25, 0.3) is 0 Å². The van der Waals surface area contributed by atoms with E-state index in [9.17, 15) is 9.18 Å². The molecular formula is C14H14FNO2. The first-order valence-corrected chi connectivity index (χ1v) is 5.72. The Morgan fingerprint density at radius 2 is 2.06 bits per heavy atom. The lowest BCUT2D eigenvalue weighted by Gasteiger charge is -2.09. The minimum atomic E-state index is -0.349. The second kappa shape index (κ2) is 5.49. The van der Waals surface area contributed by atoms with Gasteiger partial charge in [0, 0.05) is 12.3 Å². The second-order valence-electron chi connectivity index (χ2n) is 3.97. The van der Waals surface area contributed by atoms with Gasteiger partial charge in [0.15, 0.2) is 11.6 Å². The van der Waals surface area contributed by atoms with E-state index < -0.39 is 0 Å². The maximum absolute atomic E-state index is 13.6. The Balaban J connectivity index is 1.99. The molecule has 0 aliphatic rings. The van der Waals surface area contributed by atoms with Crippen molar-refractivity contribution in [1.29, 1.82) is 0 Å². The molecule has 1 heterocycles. The average Bonchev–Trinajstić information content (AvgIpc) is 2.37. The van der Waals surface area contributed by atoms with E-state index in [4.69, 9.17) is 4.74 Å². The van der Waals surface area contributed by atoms with Gasteiger partial charge < -0.3 is 9.30 Å². The number of benzene rings is 1. The lowest BCUT2D eigenvalue weighted by atomic mass is 10.2. The standard InChI is InChI=1S/C14H14FNO2/c1-11-5-4-6-12(14(11)15)18-10-9-16-8-3-2-7-13(16)17/h2-8H,9-10H2,1H3. The highest BCUT2D eigenvalue weighted by molar-refractivity contribution is 5.29. The molecule has 0 atom stereocenters. The minimum Gasteiger partial charge on any atom is -0.489 e. The third-order valence-electron chi connectivity index (χ3n) is 2.65. The Bertz CT molecular complexity index is 592. The summed E-state index contributed by atoms with van der Waals surface area (Å²) >= 11 is 0. The number of aromatic nitrogens is 1. The highest BCUT2D eigenvalue weighted by atomic mass is 19.1. The van der Waals surface area contributed by atoms with Crippen LogP contribution in [0.2, 0.25) is 0 Å². The molecule has 0 spiro atoms. The molecule has 0 bridgehead atoms. The van der Waals surface area contributed by atoms with Gasteiger partial charge in [-0.3, -0.25) is 4.79 Å². The second-order valence-corrected chi connectivity index (χ2v) is 3.97. The summed E-state index contributed by atoms with van der Waals surface area (Å²) in [7, 11) is 0. The fraction of sp³-hybridized carbons (Fsp3) is 0.214. The van der Waals surface area contributed by atoms with E-state index in [0.717, 1.165) is 0 Å². The summed E-state index contributed by atoms with van der Waals surface area (Å²) in [6.07, 6.45) is 1.68. The molecule has 0 N–H and O–H groups in total. The molecule has 0 radical (unpaired) electrons. The van der Waals surface area contributed by atoms with Gasteiger partial charge in [0.25, 0.3) is 5.56 Å². The summed E-state index contributed by atoms with van der Waals surface area (Å²) in [6.45, 7) is 2.33. The third-order valence-corrected chi connectivity index (χ3v) is 2.65. The molecule has 0 saturated carbocycles. The zero-order valence-electron chi connectivity index (χ0n) is 10.1. The van der Waals surface area contributed by atoms with Crippen molar-refractivity contribution in [3.8, 4) is 5.75 Å². The van der Waals surface area contributed by atoms with Crippen molar-refractivity contribution in [2.75, 3.05) is 6.61 Å². The quantitative estimate of drug-likeness (QED) is 0.830. The van der Waals surface area contributed by atoms with Crippen molar-refractivity contribution in [3.05, 3.63) is 64.3 Å². The summed E-state index contributed by atoms with van der Waals surface area (Å²) in [4.78, 5) is 11.4. The van der Waals surface area contributed by atoms with Crippen molar-refractivity contribution in [3.63, 3.8) is 0 Å². The van der Waals surface area contributed by atoms with Crippen LogP contribution in [0.4, 0.5) is 4.39 Å². The number of hydrogen-bond donors (Lipinski definition) is 0. The van der Waals surface area contributed by atoms with E-state index in [1.54, 1.807) is 43.5 Å². The van der Waals surface area contributed by atoms with Gasteiger partial charge in [-0.15, -0.1) is 0 Å². The van der Waals surface area contributed by atoms with E-state index >= 15 is 0 Å². The zero-order valence-corrected chi connectivity index (χ0v) is 10.1. The molecule has 18 heavy (non-hydrogen) atoms. The third kappa shape index (κ3) is 2.77. The molecule has 1 aromatic heterocycles. The van der Waals surface area contributed by atoms with E-state index in [2.05, 4.69) is 0 Å². The molecular weight excluding hydrogens is 233 g/mol. The lowest BCUT2D eigenvalue weighted by Crippen LogP contribution is -2.21. The Morgan fingerprint density at radius 1 is 1.22 bits per heavy atom. The highest BCUT2D eigenvalue weighted by Gasteiger charge is 2.05. The van der Waals surface area contributed by atoms with Crippen LogP contribution in [-0.2, 0) is 6.54 Å². The van der Waals surface area contributed by atoms with Crippen LogP contribution in [0.5, 0.6) is 5.75 Å². The van der Waals surface area contributed by atoms with Crippen molar-refractivity contribution < 1.29 is 9.13 Å². The Labute approximate surface area is 104 Å². The molecule has 0 amide bonds. The predicted molar refractivity (Wildman–Crippen MR) is 67.3 cm³/mol. The number of aryl methyl sites for hydroxylation is 1. The normalized spacial score (nSPS) is 10.3. The van der Waals surface area contributed by atoms with Crippen LogP contribution in [-0.4, -0.2) is 11.2 Å². The van der Waals surface area contributed by atoms with Gasteiger partial charge in [0.1, 0.15) is 6.61 Å². The highest BCUT2D eigenvalue weighted by Crippen LogP contribution is 2.19. The van der Waals surface area contributed by atoms with Crippen molar-refractivity contribution in [1.82, 2.24) is 4.57 Å². The molecule has 2 aromatic rings. The SMILES string of the molecule is Cc1cccc(OCCn2ccccc2=O)c1F. The number of hydrogen-bond acceptors (Lipinski definition) is 2. The predicted octanol–water partition coefficient (Wildman–Crippen LogP) is 2.37. The number of pyridine rings is 1. The first-order valence-electron chi connectivity index (χ1n) is 5.72. The van der Waals surface area contributed by atoms with Crippen LogP contribution in [0.1, 0.15) is 5.56 Å². The Kier molecular flexibility index (Phi) is 3.77. The molecule has 0 saturated heterocycles. The first-order chi connectivity index (χ1) is 8.68. The minimum absolute atomic E-state index is 0.0918. The lowest BCUT2D eigenvalue weighted by molar-refractivity contribution is 0.282. The van der Waals surface area contributed by atoms with E-state index in [0.29, 0.717) is 12.1 Å². The van der Waals surface area contributed by atoms with Gasteiger partial charge in [-0.05, 0) is 24.6 Å². The van der Waals surface area contributed by atoms with Crippen molar-refractivity contribution in [2.24, 2.45) is 0 Å². The molecule has 3 nitrogen and oxygen atoms in total. The number of ether oxygens (including phenoxy) is 1. The van der Waals surface area contributed by atoms with Gasteiger partial charge in [0.05, 0.1) is 6.54 Å². The van der Waals surface area contributed by atoms with Gasteiger partial charge >= 0.3 is 0 Å². The van der Waals surface area contributed by atoms with Crippen LogP contribution >= 0.6 is 0 Å². The average molecular weight is 247 g/mol. The summed E-state index contributed by atoms with van der Waals surface area (Å²) < 4.78 is 20.5. The fourth-order valence-electron chi connectivity index (χ4n) is 1.63. The molecule has 94 valence electrons. The van der Waals surface area contributed by atoms with Crippen LogP contribution < -0.4 is 10.3 Å². The number of nitrogens with zero attached hydrogens (tertiary/aromatic N) is 1. The van der Waals surface area contributed by atoms with E-state index in [-0.39, 0.29) is 23.7 Å². The van der Waals surface area contributed by atoms with Crippen LogP contribution in [0, 0.1) is 12.7 Å². The molecule has 2 rings (SSSR count). The Morgan fingerprint density at radius 3 is 2.83 bits per heavy atom. The van der Waals surface area contributed by atoms with Gasteiger partial charge in [-0.1, -0.05) is 18.2 Å². The molecule has 4 heteroatoms. The van der Waals surface area contributed by atoms with E-state index in [1.165, 1.54) is 10.6 Å². The van der Waals surface area contributed by atoms with Crippen molar-refractivity contribution in [2.45, 2.75) is 13.5 Å². The maximum atomic E-state index is 13.6. The first kappa shape index (κ1) is 12.4. The monoisotopic (exact) mass is 247 g/mol. The maximum Gasteiger partial charge on any atom is 0.250 e. The molecule has 0 aliphatic heterocycles. The number of halogens is 1. The number of rotatable bonds is 4. The van der Waals surface area contributed by atoms with Gasteiger partial charge in [0.2, 0.25) is 0 Å². The summed E-state index contributed by atoms with van der Waals surface area (Å²) in [6, 6.07) is 9.93. The topological polar surface area (TPSA) is 31.2 Å². The summed E-state index contributed by atoms with van der Waals surface area (Å²) in [5.74, 6) is -0.128. The Hall–Kier alpha value is -2.10. The smallest absolute Gasteiger partial charge is 0.250 e.